The fourth-order valence-electron chi connectivity index (χ4n) is 3.46. The Morgan fingerprint density at radius 1 is 1.03 bits per heavy atom. The van der Waals surface area contributed by atoms with Crippen LogP contribution in [-0.4, -0.2) is 34.9 Å². The first kappa shape index (κ1) is 26.9. The van der Waals surface area contributed by atoms with Gasteiger partial charge in [-0.2, -0.15) is 0 Å². The van der Waals surface area contributed by atoms with Gasteiger partial charge in [0.05, 0.1) is 4.47 Å². The zero-order valence-corrected chi connectivity index (χ0v) is 22.5. The van der Waals surface area contributed by atoms with E-state index in [-0.39, 0.29) is 29.4 Å². The molecule has 180 valence electrons. The zero-order valence-electron chi connectivity index (χ0n) is 20.9. The van der Waals surface area contributed by atoms with Gasteiger partial charge in [0, 0.05) is 12.1 Å². The van der Waals surface area contributed by atoms with Crippen molar-refractivity contribution in [2.24, 2.45) is 0 Å². The number of halogens is 1. The summed E-state index contributed by atoms with van der Waals surface area (Å²) < 4.78 is 6.69. The lowest BCUT2D eigenvalue weighted by Crippen LogP contribution is -2.54. The van der Waals surface area contributed by atoms with Crippen molar-refractivity contribution in [3.63, 3.8) is 0 Å². The minimum absolute atomic E-state index is 0.0120. The normalized spacial score (nSPS) is 12.7. The Labute approximate surface area is 207 Å². The molecule has 0 aliphatic carbocycles. The van der Waals surface area contributed by atoms with Crippen molar-refractivity contribution in [2.45, 2.75) is 78.4 Å². The predicted molar refractivity (Wildman–Crippen MR) is 137 cm³/mol. The number of nitrogens with one attached hydrogen (secondary N) is 1. The van der Waals surface area contributed by atoms with Gasteiger partial charge in [-0.1, -0.05) is 64.1 Å². The summed E-state index contributed by atoms with van der Waals surface area (Å²) in [7, 11) is 0. The van der Waals surface area contributed by atoms with Crippen LogP contribution in [-0.2, 0) is 21.5 Å². The van der Waals surface area contributed by atoms with Gasteiger partial charge in [0.2, 0.25) is 5.91 Å². The number of carbonyl (C=O) groups is 2. The fraction of sp³-hybridized carbons (Fsp3) is 0.481. The van der Waals surface area contributed by atoms with E-state index in [0.717, 1.165) is 10.0 Å². The van der Waals surface area contributed by atoms with Gasteiger partial charge in [-0.25, -0.2) is 0 Å². The van der Waals surface area contributed by atoms with E-state index >= 15 is 0 Å². The summed E-state index contributed by atoms with van der Waals surface area (Å²) in [6.07, 6.45) is 0.504. The van der Waals surface area contributed by atoms with Crippen molar-refractivity contribution in [1.82, 2.24) is 10.2 Å². The van der Waals surface area contributed by atoms with Crippen LogP contribution in [0.5, 0.6) is 5.75 Å². The Kier molecular flexibility index (Phi) is 9.12. The topological polar surface area (TPSA) is 58.6 Å². The molecule has 2 amide bonds. The molecular weight excluding hydrogens is 480 g/mol. The lowest BCUT2D eigenvalue weighted by Gasteiger charge is -2.33. The van der Waals surface area contributed by atoms with Crippen LogP contribution in [0.15, 0.2) is 53.0 Å². The molecule has 1 unspecified atom stereocenters. The van der Waals surface area contributed by atoms with Gasteiger partial charge in [0.25, 0.3) is 5.91 Å². The second kappa shape index (κ2) is 11.2. The van der Waals surface area contributed by atoms with Crippen LogP contribution in [0.2, 0.25) is 0 Å². The van der Waals surface area contributed by atoms with E-state index in [2.05, 4.69) is 42.0 Å². The Morgan fingerprint density at radius 2 is 1.67 bits per heavy atom. The number of amides is 2. The van der Waals surface area contributed by atoms with Crippen LogP contribution < -0.4 is 10.1 Å². The minimum Gasteiger partial charge on any atom is -0.483 e. The van der Waals surface area contributed by atoms with Gasteiger partial charge >= 0.3 is 0 Å². The molecule has 1 N–H and O–H groups in total. The molecule has 0 bridgehead atoms. The van der Waals surface area contributed by atoms with Gasteiger partial charge in [0.15, 0.2) is 6.61 Å². The second-order valence-corrected chi connectivity index (χ2v) is 11.2. The third-order valence-electron chi connectivity index (χ3n) is 5.23. The molecule has 0 heterocycles. The SMILES string of the molecule is CCC(C(=O)NC(C)(C)C)N(Cc1ccccc1)C(=O)COc1ccc(C(C)(C)C)cc1Br. The molecule has 0 radical (unpaired) electrons. The summed E-state index contributed by atoms with van der Waals surface area (Å²) in [5.41, 5.74) is 1.76. The first-order chi connectivity index (χ1) is 15.3. The standard InChI is InChI=1S/C27H37BrN2O3/c1-8-22(25(32)29-27(5,6)7)30(17-19-12-10-9-11-13-19)24(31)18-33-23-15-14-20(16-21(23)28)26(2,3)4/h9-16,22H,8,17-18H2,1-7H3,(H,29,32). The first-order valence-electron chi connectivity index (χ1n) is 11.4. The number of carbonyl (C=O) groups excluding carboxylic acids is 2. The van der Waals surface area contributed by atoms with Crippen molar-refractivity contribution < 1.29 is 14.3 Å². The third kappa shape index (κ3) is 8.18. The summed E-state index contributed by atoms with van der Waals surface area (Å²) in [6.45, 7) is 14.3. The highest BCUT2D eigenvalue weighted by molar-refractivity contribution is 9.10. The molecule has 0 aliphatic rings. The summed E-state index contributed by atoms with van der Waals surface area (Å²) in [5.74, 6) is 0.203. The van der Waals surface area contributed by atoms with Gasteiger partial charge < -0.3 is 15.0 Å². The van der Waals surface area contributed by atoms with E-state index in [4.69, 9.17) is 4.74 Å². The monoisotopic (exact) mass is 516 g/mol. The largest absolute Gasteiger partial charge is 0.483 e. The average molecular weight is 518 g/mol. The van der Waals surface area contributed by atoms with E-state index in [9.17, 15) is 9.59 Å². The molecule has 0 spiro atoms. The van der Waals surface area contributed by atoms with Crippen molar-refractivity contribution >= 4 is 27.7 Å². The summed E-state index contributed by atoms with van der Waals surface area (Å²) in [6, 6.07) is 15.0. The zero-order chi connectivity index (χ0) is 24.8. The lowest BCUT2D eigenvalue weighted by molar-refractivity contribution is -0.143. The number of ether oxygens (including phenoxy) is 1. The van der Waals surface area contributed by atoms with Crippen molar-refractivity contribution in [2.75, 3.05) is 6.61 Å². The van der Waals surface area contributed by atoms with Crippen LogP contribution in [0.25, 0.3) is 0 Å². The minimum atomic E-state index is -0.591. The molecule has 0 aromatic heterocycles. The molecule has 2 aromatic rings. The Balaban J connectivity index is 2.23. The number of nitrogens with zero attached hydrogens (tertiary/aromatic N) is 1. The molecule has 5 nitrogen and oxygen atoms in total. The molecule has 2 aromatic carbocycles. The highest BCUT2D eigenvalue weighted by Crippen LogP contribution is 2.31. The molecule has 0 saturated heterocycles. The molecule has 0 fully saturated rings. The second-order valence-electron chi connectivity index (χ2n) is 10.4. The summed E-state index contributed by atoms with van der Waals surface area (Å²) in [4.78, 5) is 28.0. The maximum atomic E-state index is 13.3. The number of hydrogen-bond acceptors (Lipinski definition) is 3. The van der Waals surface area contributed by atoms with Gasteiger partial charge in [-0.05, 0) is 71.8 Å². The van der Waals surface area contributed by atoms with Crippen LogP contribution in [0.1, 0.15) is 66.0 Å². The van der Waals surface area contributed by atoms with E-state index in [1.807, 2.05) is 76.2 Å². The maximum absolute atomic E-state index is 13.3. The predicted octanol–water partition coefficient (Wildman–Crippen LogP) is 5.85. The molecule has 0 aliphatic heterocycles. The Bertz CT molecular complexity index is 946. The summed E-state index contributed by atoms with van der Waals surface area (Å²) in [5, 5.41) is 3.01. The van der Waals surface area contributed by atoms with E-state index in [0.29, 0.717) is 18.7 Å². The van der Waals surface area contributed by atoms with Crippen molar-refractivity contribution in [3.8, 4) is 5.75 Å². The quantitative estimate of drug-likeness (QED) is 0.478. The van der Waals surface area contributed by atoms with Crippen molar-refractivity contribution in [3.05, 3.63) is 64.1 Å². The molecule has 2 rings (SSSR count). The first-order valence-corrected chi connectivity index (χ1v) is 12.2. The molecule has 6 heteroatoms. The van der Waals surface area contributed by atoms with Gasteiger partial charge in [-0.3, -0.25) is 9.59 Å². The van der Waals surface area contributed by atoms with Gasteiger partial charge in [0.1, 0.15) is 11.8 Å². The lowest BCUT2D eigenvalue weighted by atomic mass is 9.87. The summed E-state index contributed by atoms with van der Waals surface area (Å²) >= 11 is 3.57. The molecule has 0 saturated carbocycles. The highest BCUT2D eigenvalue weighted by atomic mass is 79.9. The number of hydrogen-bond donors (Lipinski definition) is 1. The van der Waals surface area contributed by atoms with E-state index in [1.165, 1.54) is 5.56 Å². The third-order valence-corrected chi connectivity index (χ3v) is 5.85. The van der Waals surface area contributed by atoms with Crippen LogP contribution in [0.3, 0.4) is 0 Å². The smallest absolute Gasteiger partial charge is 0.261 e. The number of benzene rings is 2. The van der Waals surface area contributed by atoms with Gasteiger partial charge in [-0.15, -0.1) is 0 Å². The van der Waals surface area contributed by atoms with E-state index in [1.54, 1.807) is 4.90 Å². The highest BCUT2D eigenvalue weighted by Gasteiger charge is 2.31. The molecule has 1 atom stereocenters. The fourth-order valence-corrected chi connectivity index (χ4v) is 3.95. The van der Waals surface area contributed by atoms with Crippen LogP contribution in [0.4, 0.5) is 0 Å². The average Bonchev–Trinajstić information content (AvgIpc) is 2.71. The Morgan fingerprint density at radius 3 is 2.18 bits per heavy atom. The van der Waals surface area contributed by atoms with Crippen molar-refractivity contribution in [1.29, 1.82) is 0 Å². The molecular formula is C27H37BrN2O3. The molecule has 33 heavy (non-hydrogen) atoms. The Hall–Kier alpha value is -2.34. The maximum Gasteiger partial charge on any atom is 0.261 e. The van der Waals surface area contributed by atoms with Crippen LogP contribution in [0, 0.1) is 0 Å². The van der Waals surface area contributed by atoms with Crippen LogP contribution >= 0.6 is 15.9 Å². The number of rotatable bonds is 8. The van der Waals surface area contributed by atoms with E-state index < -0.39 is 6.04 Å².